The standard InChI is InChI=1S/C3H12Cl4N2P2/c1-3-10(4,5)9-11(6,7)8-2/h8-11H,3H2,1-2H3. The van der Waals surface area contributed by atoms with Gasteiger partial charge in [0.1, 0.15) is 0 Å². The first kappa shape index (κ1) is 12.9. The van der Waals surface area contributed by atoms with Crippen LogP contribution in [0.4, 0.5) is 0 Å². The SMILES string of the molecule is CC[PH](Cl)(Cl)N[PH](Cl)(Cl)NC. The molecule has 2 nitrogen and oxygen atoms in total. The normalized spacial score (nSPS) is 16.5. The first-order valence-corrected chi connectivity index (χ1v) is 11.3. The Hall–Kier alpha value is 1.94. The third kappa shape index (κ3) is 6.07. The molecule has 72 valence electrons. The Kier molecular flexibility index (Phi) is 5.86. The van der Waals surface area contributed by atoms with Crippen LogP contribution in [0.3, 0.4) is 0 Å². The van der Waals surface area contributed by atoms with Crippen molar-refractivity contribution in [1.82, 2.24) is 9.95 Å². The van der Waals surface area contributed by atoms with E-state index in [1.165, 1.54) is 0 Å². The molecule has 0 aliphatic heterocycles. The van der Waals surface area contributed by atoms with Gasteiger partial charge >= 0.3 is 87.4 Å². The molecule has 0 aromatic rings. The van der Waals surface area contributed by atoms with Crippen LogP contribution in [-0.4, -0.2) is 13.2 Å². The van der Waals surface area contributed by atoms with Crippen molar-refractivity contribution in [3.8, 4) is 0 Å². The Morgan fingerprint density at radius 3 is 1.91 bits per heavy atom. The predicted octanol–water partition coefficient (Wildman–Crippen LogP) is 3.68. The summed E-state index contributed by atoms with van der Waals surface area (Å²) in [5.74, 6) is 0. The van der Waals surface area contributed by atoms with E-state index in [4.69, 9.17) is 45.0 Å². The summed E-state index contributed by atoms with van der Waals surface area (Å²) in [6.45, 7) is 1.90. The van der Waals surface area contributed by atoms with Gasteiger partial charge in [0.15, 0.2) is 0 Å². The summed E-state index contributed by atoms with van der Waals surface area (Å²) in [6, 6.07) is 0. The van der Waals surface area contributed by atoms with E-state index in [1.807, 2.05) is 6.92 Å². The summed E-state index contributed by atoms with van der Waals surface area (Å²) in [7, 11) is 1.67. The minimum atomic E-state index is -2.59. The van der Waals surface area contributed by atoms with Crippen LogP contribution in [0.15, 0.2) is 0 Å². The molecule has 0 atom stereocenters. The molecule has 0 saturated carbocycles. The van der Waals surface area contributed by atoms with Crippen LogP contribution in [-0.2, 0) is 0 Å². The van der Waals surface area contributed by atoms with E-state index in [-0.39, 0.29) is 0 Å². The van der Waals surface area contributed by atoms with Gasteiger partial charge in [-0.2, -0.15) is 0 Å². The van der Waals surface area contributed by atoms with Gasteiger partial charge < -0.3 is 0 Å². The maximum absolute atomic E-state index is 5.90. The Labute approximate surface area is 87.3 Å². The van der Waals surface area contributed by atoms with Crippen molar-refractivity contribution < 1.29 is 0 Å². The monoisotopic (exact) mass is 278 g/mol. The van der Waals surface area contributed by atoms with Gasteiger partial charge in [-0.25, -0.2) is 0 Å². The molecular weight excluding hydrogens is 268 g/mol. The van der Waals surface area contributed by atoms with Crippen LogP contribution in [0.25, 0.3) is 0 Å². The fourth-order valence-corrected chi connectivity index (χ4v) is 10.6. The molecule has 0 rings (SSSR count). The molecule has 0 aliphatic rings. The zero-order chi connectivity index (χ0) is 9.12. The van der Waals surface area contributed by atoms with Crippen LogP contribution < -0.4 is 9.95 Å². The van der Waals surface area contributed by atoms with E-state index in [9.17, 15) is 0 Å². The van der Waals surface area contributed by atoms with Crippen molar-refractivity contribution in [3.05, 3.63) is 0 Å². The van der Waals surface area contributed by atoms with Gasteiger partial charge in [-0.1, -0.05) is 0 Å². The van der Waals surface area contributed by atoms with Crippen molar-refractivity contribution in [2.75, 3.05) is 13.2 Å². The summed E-state index contributed by atoms with van der Waals surface area (Å²) in [6.07, 6.45) is -4.32. The second-order valence-electron chi connectivity index (χ2n) is 2.01. The van der Waals surface area contributed by atoms with Gasteiger partial charge in [-0.3, -0.25) is 0 Å². The molecule has 0 aromatic heterocycles. The molecule has 0 unspecified atom stereocenters. The molecule has 2 N–H and O–H groups in total. The average Bonchev–Trinajstić information content (AvgIpc) is 1.86. The minimum absolute atomic E-state index is 0.673. The molecule has 0 heterocycles. The van der Waals surface area contributed by atoms with Crippen molar-refractivity contribution in [1.29, 1.82) is 0 Å². The molecule has 0 aliphatic carbocycles. The zero-order valence-corrected chi connectivity index (χ0v) is 11.2. The second kappa shape index (κ2) is 4.98. The number of halogens is 4. The average molecular weight is 280 g/mol. The molecule has 0 aromatic carbocycles. The molecule has 0 bridgehead atoms. The van der Waals surface area contributed by atoms with E-state index < -0.39 is 12.4 Å². The predicted molar refractivity (Wildman–Crippen MR) is 62.8 cm³/mol. The van der Waals surface area contributed by atoms with Gasteiger partial charge in [0.25, 0.3) is 0 Å². The summed E-state index contributed by atoms with van der Waals surface area (Å²) in [4.78, 5) is 2.86. The summed E-state index contributed by atoms with van der Waals surface area (Å²) < 4.78 is 0. The molecule has 0 radical (unpaired) electrons. The summed E-state index contributed by atoms with van der Waals surface area (Å²) in [5, 5.41) is 2.76. The van der Waals surface area contributed by atoms with E-state index in [2.05, 4.69) is 9.95 Å². The Bertz CT molecular complexity index is 117. The molecular formula is C3H12Cl4N2P2. The number of hydrogen-bond donors (Lipinski definition) is 2. The molecule has 0 saturated heterocycles. The van der Waals surface area contributed by atoms with Crippen LogP contribution >= 0.6 is 57.4 Å². The first-order chi connectivity index (χ1) is 4.83. The van der Waals surface area contributed by atoms with Gasteiger partial charge in [0.2, 0.25) is 0 Å². The summed E-state index contributed by atoms with van der Waals surface area (Å²) in [5.41, 5.74) is 0. The zero-order valence-electron chi connectivity index (χ0n) is 6.22. The first-order valence-electron chi connectivity index (χ1n) is 3.07. The van der Waals surface area contributed by atoms with Crippen LogP contribution in [0.1, 0.15) is 6.92 Å². The third-order valence-electron chi connectivity index (χ3n) is 1.10. The van der Waals surface area contributed by atoms with Crippen LogP contribution in [0.5, 0.6) is 0 Å². The van der Waals surface area contributed by atoms with Crippen molar-refractivity contribution in [3.63, 3.8) is 0 Å². The van der Waals surface area contributed by atoms with E-state index in [0.29, 0.717) is 6.16 Å². The number of hydrogen-bond acceptors (Lipinski definition) is 2. The topological polar surface area (TPSA) is 24.1 Å². The van der Waals surface area contributed by atoms with E-state index in [0.717, 1.165) is 0 Å². The van der Waals surface area contributed by atoms with Gasteiger partial charge in [0, 0.05) is 0 Å². The van der Waals surface area contributed by atoms with Crippen molar-refractivity contribution in [2.45, 2.75) is 6.92 Å². The van der Waals surface area contributed by atoms with Crippen molar-refractivity contribution in [2.24, 2.45) is 0 Å². The Balaban J connectivity index is 4.02. The molecule has 8 heteroatoms. The van der Waals surface area contributed by atoms with Gasteiger partial charge in [0.05, 0.1) is 0 Å². The molecule has 0 amide bonds. The number of nitrogens with one attached hydrogen (secondary N) is 2. The summed E-state index contributed by atoms with van der Waals surface area (Å²) >= 11 is 23.5. The molecule has 0 fully saturated rings. The van der Waals surface area contributed by atoms with Crippen molar-refractivity contribution >= 4 is 57.4 Å². The van der Waals surface area contributed by atoms with Crippen LogP contribution in [0, 0.1) is 0 Å². The maximum atomic E-state index is 5.90. The third-order valence-corrected chi connectivity index (χ3v) is 11.5. The molecule has 11 heavy (non-hydrogen) atoms. The van der Waals surface area contributed by atoms with E-state index in [1.54, 1.807) is 7.05 Å². The fraction of sp³-hybridized carbons (Fsp3) is 1.00. The Morgan fingerprint density at radius 2 is 1.64 bits per heavy atom. The quantitative estimate of drug-likeness (QED) is 0.767. The number of rotatable bonds is 4. The fourth-order valence-electron chi connectivity index (χ4n) is 0.381. The van der Waals surface area contributed by atoms with Gasteiger partial charge in [-0.15, -0.1) is 0 Å². The Morgan fingerprint density at radius 1 is 1.18 bits per heavy atom. The van der Waals surface area contributed by atoms with Gasteiger partial charge in [-0.05, 0) is 0 Å². The van der Waals surface area contributed by atoms with E-state index >= 15 is 0 Å². The molecule has 0 spiro atoms. The van der Waals surface area contributed by atoms with Crippen LogP contribution in [0.2, 0.25) is 0 Å². The second-order valence-corrected chi connectivity index (χ2v) is 15.2.